The van der Waals surface area contributed by atoms with Gasteiger partial charge in [0.25, 0.3) is 0 Å². The Morgan fingerprint density at radius 2 is 2.00 bits per heavy atom. The summed E-state index contributed by atoms with van der Waals surface area (Å²) in [4.78, 5) is 12.4. The molecule has 0 bridgehead atoms. The summed E-state index contributed by atoms with van der Waals surface area (Å²) in [6, 6.07) is 13.5. The van der Waals surface area contributed by atoms with Crippen molar-refractivity contribution < 1.29 is 9.18 Å². The van der Waals surface area contributed by atoms with E-state index in [1.807, 2.05) is 31.2 Å². The molecule has 1 amide bonds. The number of nitrogens with one attached hydrogen (secondary N) is 1. The van der Waals surface area contributed by atoms with Crippen molar-refractivity contribution in [2.24, 2.45) is 0 Å². The van der Waals surface area contributed by atoms with Crippen molar-refractivity contribution >= 4 is 23.4 Å². The van der Waals surface area contributed by atoms with Gasteiger partial charge in [0.05, 0.1) is 5.25 Å². The summed E-state index contributed by atoms with van der Waals surface area (Å²) in [6.07, 6.45) is 0. The predicted octanol–water partition coefficient (Wildman–Crippen LogP) is 3.23. The third kappa shape index (κ3) is 4.02. The Morgan fingerprint density at radius 3 is 2.73 bits per heavy atom. The number of anilines is 1. The van der Waals surface area contributed by atoms with Crippen LogP contribution in [0, 0.1) is 12.7 Å². The fourth-order valence-corrected chi connectivity index (χ4v) is 3.13. The highest BCUT2D eigenvalue weighted by Crippen LogP contribution is 2.25. The first kappa shape index (κ1) is 17.9. The number of nitrogen functional groups attached to an aromatic ring is 1. The van der Waals surface area contributed by atoms with E-state index in [1.54, 1.807) is 19.1 Å². The lowest BCUT2D eigenvalue weighted by atomic mass is 10.2. The quantitative estimate of drug-likeness (QED) is 0.531. The maximum atomic E-state index is 13.4. The second-order valence-electron chi connectivity index (χ2n) is 5.81. The topological polar surface area (TPSA) is 85.8 Å². The van der Waals surface area contributed by atoms with Crippen LogP contribution in [-0.2, 0) is 4.79 Å². The fourth-order valence-electron chi connectivity index (χ4n) is 2.36. The summed E-state index contributed by atoms with van der Waals surface area (Å²) in [6.45, 7) is 3.71. The molecule has 134 valence electrons. The van der Waals surface area contributed by atoms with E-state index >= 15 is 0 Å². The highest BCUT2D eigenvalue weighted by Gasteiger charge is 2.20. The van der Waals surface area contributed by atoms with Crippen LogP contribution >= 0.6 is 11.8 Å². The maximum Gasteiger partial charge on any atom is 0.237 e. The van der Waals surface area contributed by atoms with Crippen molar-refractivity contribution in [2.75, 3.05) is 11.2 Å². The Kier molecular flexibility index (Phi) is 5.22. The Hall–Kier alpha value is -2.87. The molecule has 0 unspecified atom stereocenters. The minimum Gasteiger partial charge on any atom is -0.335 e. The monoisotopic (exact) mass is 371 g/mol. The Morgan fingerprint density at radius 1 is 1.23 bits per heavy atom. The van der Waals surface area contributed by atoms with Crippen LogP contribution < -0.4 is 11.2 Å². The average Bonchev–Trinajstić information content (AvgIpc) is 2.95. The number of nitrogens with two attached hydrogens (primary N) is 1. The van der Waals surface area contributed by atoms with E-state index in [-0.39, 0.29) is 11.7 Å². The van der Waals surface area contributed by atoms with Crippen LogP contribution in [0.1, 0.15) is 12.5 Å². The summed E-state index contributed by atoms with van der Waals surface area (Å²) in [7, 11) is 0. The standard InChI is InChI=1S/C18H18FN5OS/c1-11-5-3-8-15(9-11)21-17(25)12(2)26-18-23-22-16(24(18)20)13-6-4-7-14(19)10-13/h3-10,12H,20H2,1-2H3,(H,21,25)/t12-/m0/s1. The average molecular weight is 371 g/mol. The minimum atomic E-state index is -0.442. The number of nitrogens with zero attached hydrogens (tertiary/aromatic N) is 3. The second-order valence-corrected chi connectivity index (χ2v) is 7.11. The maximum absolute atomic E-state index is 13.4. The number of hydrogen-bond donors (Lipinski definition) is 2. The van der Waals surface area contributed by atoms with Crippen molar-refractivity contribution in [1.29, 1.82) is 0 Å². The molecule has 3 aromatic rings. The Labute approximate surface area is 154 Å². The van der Waals surface area contributed by atoms with Crippen LogP contribution in [0.5, 0.6) is 0 Å². The summed E-state index contributed by atoms with van der Waals surface area (Å²) >= 11 is 1.18. The number of aromatic nitrogens is 3. The van der Waals surface area contributed by atoms with Crippen molar-refractivity contribution in [3.63, 3.8) is 0 Å². The number of benzene rings is 2. The molecule has 0 aliphatic heterocycles. The molecule has 2 aromatic carbocycles. The Bertz CT molecular complexity index is 943. The minimum absolute atomic E-state index is 0.170. The molecule has 3 N–H and O–H groups in total. The van der Waals surface area contributed by atoms with Gasteiger partial charge in [0.15, 0.2) is 5.82 Å². The normalized spacial score (nSPS) is 12.0. The zero-order valence-corrected chi connectivity index (χ0v) is 15.1. The van der Waals surface area contributed by atoms with Gasteiger partial charge in [0.2, 0.25) is 11.1 Å². The van der Waals surface area contributed by atoms with Crippen LogP contribution in [0.25, 0.3) is 11.4 Å². The molecular weight excluding hydrogens is 353 g/mol. The molecule has 0 radical (unpaired) electrons. The molecule has 1 aromatic heterocycles. The number of amides is 1. The molecule has 8 heteroatoms. The first-order chi connectivity index (χ1) is 12.4. The molecule has 0 spiro atoms. The van der Waals surface area contributed by atoms with E-state index < -0.39 is 5.25 Å². The summed E-state index contributed by atoms with van der Waals surface area (Å²) in [5.41, 5.74) is 2.31. The van der Waals surface area contributed by atoms with Crippen LogP contribution in [0.2, 0.25) is 0 Å². The van der Waals surface area contributed by atoms with Gasteiger partial charge < -0.3 is 11.2 Å². The van der Waals surface area contributed by atoms with Gasteiger partial charge in [-0.25, -0.2) is 9.07 Å². The van der Waals surface area contributed by atoms with Gasteiger partial charge in [-0.2, -0.15) is 0 Å². The zero-order valence-electron chi connectivity index (χ0n) is 14.3. The third-order valence-electron chi connectivity index (χ3n) is 3.68. The lowest BCUT2D eigenvalue weighted by Gasteiger charge is -2.12. The van der Waals surface area contributed by atoms with Gasteiger partial charge in [-0.1, -0.05) is 36.0 Å². The van der Waals surface area contributed by atoms with E-state index in [0.717, 1.165) is 11.3 Å². The molecule has 0 fully saturated rings. The third-order valence-corrected chi connectivity index (χ3v) is 4.74. The largest absolute Gasteiger partial charge is 0.335 e. The lowest BCUT2D eigenvalue weighted by Crippen LogP contribution is -2.23. The molecule has 0 saturated carbocycles. The van der Waals surface area contributed by atoms with Crippen molar-refractivity contribution in [2.45, 2.75) is 24.3 Å². The lowest BCUT2D eigenvalue weighted by molar-refractivity contribution is -0.115. The first-order valence-corrected chi connectivity index (χ1v) is 8.82. The molecule has 6 nitrogen and oxygen atoms in total. The Balaban J connectivity index is 1.71. The van der Waals surface area contributed by atoms with E-state index in [4.69, 9.17) is 5.84 Å². The smallest absolute Gasteiger partial charge is 0.237 e. The van der Waals surface area contributed by atoms with E-state index in [2.05, 4.69) is 15.5 Å². The van der Waals surface area contributed by atoms with E-state index in [9.17, 15) is 9.18 Å². The van der Waals surface area contributed by atoms with Gasteiger partial charge in [-0.05, 0) is 43.7 Å². The number of rotatable bonds is 5. The van der Waals surface area contributed by atoms with Crippen LogP contribution in [-0.4, -0.2) is 26.0 Å². The first-order valence-electron chi connectivity index (χ1n) is 7.94. The number of aryl methyl sites for hydroxylation is 1. The second kappa shape index (κ2) is 7.57. The molecular formula is C18H18FN5OS. The molecule has 0 aliphatic carbocycles. The highest BCUT2D eigenvalue weighted by molar-refractivity contribution is 8.00. The number of carbonyl (C=O) groups excluding carboxylic acids is 1. The number of hydrogen-bond acceptors (Lipinski definition) is 5. The van der Waals surface area contributed by atoms with Gasteiger partial charge in [-0.15, -0.1) is 10.2 Å². The molecule has 3 rings (SSSR count). The molecule has 26 heavy (non-hydrogen) atoms. The molecule has 0 saturated heterocycles. The van der Waals surface area contributed by atoms with Crippen LogP contribution in [0.15, 0.2) is 53.7 Å². The summed E-state index contributed by atoms with van der Waals surface area (Å²) < 4.78 is 14.6. The number of thioether (sulfide) groups is 1. The van der Waals surface area contributed by atoms with Crippen molar-refractivity contribution in [3.8, 4) is 11.4 Å². The zero-order chi connectivity index (χ0) is 18.7. The van der Waals surface area contributed by atoms with Gasteiger partial charge in [0.1, 0.15) is 5.82 Å². The predicted molar refractivity (Wildman–Crippen MR) is 101 cm³/mol. The van der Waals surface area contributed by atoms with Gasteiger partial charge in [0, 0.05) is 11.3 Å². The van der Waals surface area contributed by atoms with Crippen LogP contribution in [0.3, 0.4) is 0 Å². The molecule has 1 heterocycles. The van der Waals surface area contributed by atoms with Crippen molar-refractivity contribution in [3.05, 3.63) is 59.9 Å². The number of halogens is 1. The van der Waals surface area contributed by atoms with Gasteiger partial charge in [-0.3, -0.25) is 4.79 Å². The SMILES string of the molecule is Cc1cccc(NC(=O)[C@H](C)Sc2nnc(-c3cccc(F)c3)n2N)c1. The van der Waals surface area contributed by atoms with Gasteiger partial charge >= 0.3 is 0 Å². The van der Waals surface area contributed by atoms with Crippen LogP contribution in [0.4, 0.5) is 10.1 Å². The molecule has 1 atom stereocenters. The van der Waals surface area contributed by atoms with E-state index in [0.29, 0.717) is 16.5 Å². The summed E-state index contributed by atoms with van der Waals surface area (Å²) in [5, 5.41) is 10.8. The fraction of sp³-hybridized carbons (Fsp3) is 0.167. The highest BCUT2D eigenvalue weighted by atomic mass is 32.2. The number of carbonyl (C=O) groups is 1. The summed E-state index contributed by atoms with van der Waals surface area (Å²) in [5.74, 6) is 5.80. The van der Waals surface area contributed by atoms with Crippen molar-refractivity contribution in [1.82, 2.24) is 14.9 Å². The molecule has 0 aliphatic rings. The van der Waals surface area contributed by atoms with E-state index in [1.165, 1.54) is 28.6 Å².